The summed E-state index contributed by atoms with van der Waals surface area (Å²) in [7, 11) is 1.60. The number of aliphatic imine (C=N–C) groups is 1. The van der Waals surface area contributed by atoms with E-state index in [2.05, 4.69) is 6.92 Å². The molecule has 2 fully saturated rings. The van der Waals surface area contributed by atoms with Crippen molar-refractivity contribution in [3.63, 3.8) is 0 Å². The maximum Gasteiger partial charge on any atom is 0.267 e. The number of ether oxygens (including phenoxy) is 2. The molecule has 0 radical (unpaired) electrons. The molecule has 2 aliphatic rings. The number of carbonyl (C=O) groups excluding carboxylic acids is 1. The number of methoxy groups -OCH3 is 1. The summed E-state index contributed by atoms with van der Waals surface area (Å²) in [6.07, 6.45) is 6.36. The number of rotatable bonds is 7. The van der Waals surface area contributed by atoms with Crippen molar-refractivity contribution < 1.29 is 14.3 Å². The number of hydrogen-bond acceptors (Lipinski definition) is 5. The molecule has 5 nitrogen and oxygen atoms in total. The highest BCUT2D eigenvalue weighted by atomic mass is 35.5. The molecule has 3 aromatic carbocycles. The molecular weight excluding hydrogens is 551 g/mol. The lowest BCUT2D eigenvalue weighted by atomic mass is 9.85. The molecule has 0 N–H and O–H groups in total. The van der Waals surface area contributed by atoms with Crippen LogP contribution in [0.15, 0.2) is 76.6 Å². The molecule has 39 heavy (non-hydrogen) atoms. The largest absolute Gasteiger partial charge is 0.493 e. The summed E-state index contributed by atoms with van der Waals surface area (Å²) in [5.41, 5.74) is 2.59. The van der Waals surface area contributed by atoms with Crippen LogP contribution in [0, 0.1) is 5.92 Å². The van der Waals surface area contributed by atoms with Crippen molar-refractivity contribution in [2.45, 2.75) is 45.3 Å². The van der Waals surface area contributed by atoms with E-state index in [4.69, 9.17) is 37.7 Å². The van der Waals surface area contributed by atoms with Gasteiger partial charge in [0.2, 0.25) is 0 Å². The zero-order valence-electron chi connectivity index (χ0n) is 21.9. The van der Waals surface area contributed by atoms with Crippen LogP contribution >= 0.6 is 35.0 Å². The Morgan fingerprint density at radius 3 is 2.54 bits per heavy atom. The van der Waals surface area contributed by atoms with E-state index < -0.39 is 0 Å². The third-order valence-electron chi connectivity index (χ3n) is 7.08. The topological polar surface area (TPSA) is 51.1 Å². The quantitative estimate of drug-likeness (QED) is 0.262. The maximum absolute atomic E-state index is 13.8. The molecule has 1 aliphatic heterocycles. The highest BCUT2D eigenvalue weighted by molar-refractivity contribution is 8.18. The van der Waals surface area contributed by atoms with Gasteiger partial charge in [-0.3, -0.25) is 9.69 Å². The number of amides is 1. The SMILES string of the molecule is COc1cc(/C=C2\SC(=Nc3ccccc3)N([C@H]3CCCC[C@@H]3C)C2=O)ccc1OCc1ccc(Cl)c(Cl)c1. The number of para-hydroxylation sites is 1. The Hall–Kier alpha value is -2.93. The molecule has 0 aromatic heterocycles. The Bertz CT molecular complexity index is 1410. The Labute approximate surface area is 243 Å². The fraction of sp³-hybridized carbons (Fsp3) is 0.290. The van der Waals surface area contributed by atoms with Crippen LogP contribution in [-0.4, -0.2) is 29.1 Å². The van der Waals surface area contributed by atoms with Gasteiger partial charge < -0.3 is 9.47 Å². The van der Waals surface area contributed by atoms with E-state index in [1.807, 2.05) is 65.6 Å². The lowest BCUT2D eigenvalue weighted by Crippen LogP contribution is -2.44. The smallest absolute Gasteiger partial charge is 0.267 e. The molecule has 5 rings (SSSR count). The molecule has 0 bridgehead atoms. The molecule has 1 saturated carbocycles. The molecule has 202 valence electrons. The predicted octanol–water partition coefficient (Wildman–Crippen LogP) is 8.76. The van der Waals surface area contributed by atoms with E-state index >= 15 is 0 Å². The van der Waals surface area contributed by atoms with E-state index in [9.17, 15) is 4.79 Å². The molecule has 8 heteroatoms. The van der Waals surface area contributed by atoms with Gasteiger partial charge in [0.15, 0.2) is 16.7 Å². The average molecular weight is 582 g/mol. The molecular formula is C31H30Cl2N2O3S. The first-order valence-corrected chi connectivity index (χ1v) is 14.6. The average Bonchev–Trinajstić information content (AvgIpc) is 3.24. The monoisotopic (exact) mass is 580 g/mol. The van der Waals surface area contributed by atoms with Crippen LogP contribution in [0.5, 0.6) is 11.5 Å². The Morgan fingerprint density at radius 1 is 1.00 bits per heavy atom. The fourth-order valence-electron chi connectivity index (χ4n) is 4.99. The van der Waals surface area contributed by atoms with Gasteiger partial charge in [0.1, 0.15) is 6.61 Å². The van der Waals surface area contributed by atoms with Crippen LogP contribution in [0.1, 0.15) is 43.7 Å². The number of carbonyl (C=O) groups is 1. The highest BCUT2D eigenvalue weighted by Gasteiger charge is 2.41. The first kappa shape index (κ1) is 27.6. The van der Waals surface area contributed by atoms with Gasteiger partial charge in [0, 0.05) is 6.04 Å². The fourth-order valence-corrected chi connectivity index (χ4v) is 6.35. The van der Waals surface area contributed by atoms with Gasteiger partial charge >= 0.3 is 0 Å². The summed E-state index contributed by atoms with van der Waals surface area (Å²) in [6.45, 7) is 2.56. The van der Waals surface area contributed by atoms with Crippen molar-refractivity contribution in [2.75, 3.05) is 7.11 Å². The first-order valence-electron chi connectivity index (χ1n) is 13.0. The summed E-state index contributed by atoms with van der Waals surface area (Å²) in [5, 5.41) is 1.73. The summed E-state index contributed by atoms with van der Waals surface area (Å²) >= 11 is 13.6. The van der Waals surface area contributed by atoms with Crippen LogP contribution in [0.3, 0.4) is 0 Å². The van der Waals surface area contributed by atoms with E-state index in [1.165, 1.54) is 18.2 Å². The van der Waals surface area contributed by atoms with Crippen molar-refractivity contribution in [3.05, 3.63) is 92.8 Å². The highest BCUT2D eigenvalue weighted by Crippen LogP contribution is 2.41. The van der Waals surface area contributed by atoms with Crippen molar-refractivity contribution in [3.8, 4) is 11.5 Å². The minimum Gasteiger partial charge on any atom is -0.493 e. The molecule has 1 aliphatic carbocycles. The maximum atomic E-state index is 13.8. The standard InChI is InChI=1S/C31H30Cl2N2O3S/c1-20-8-6-7-11-26(20)35-30(36)29(39-31(35)34-23-9-4-3-5-10-23)18-21-13-15-27(28(17-21)37-2)38-19-22-12-14-24(32)25(33)16-22/h3-5,9-10,12-18,20,26H,6-8,11,19H2,1-2H3/b29-18-,34-31?/t20-,26-/m0/s1. The van der Waals surface area contributed by atoms with Crippen molar-refractivity contribution in [1.82, 2.24) is 4.90 Å². The van der Waals surface area contributed by atoms with E-state index in [1.54, 1.807) is 19.2 Å². The molecule has 1 saturated heterocycles. The van der Waals surface area contributed by atoms with E-state index in [-0.39, 0.29) is 11.9 Å². The zero-order chi connectivity index (χ0) is 27.4. The van der Waals surface area contributed by atoms with Crippen LogP contribution in [0.2, 0.25) is 10.0 Å². The van der Waals surface area contributed by atoms with Gasteiger partial charge in [-0.2, -0.15) is 0 Å². The summed E-state index contributed by atoms with van der Waals surface area (Å²) < 4.78 is 11.6. The summed E-state index contributed by atoms with van der Waals surface area (Å²) in [5.74, 6) is 1.61. The third kappa shape index (κ3) is 6.46. The van der Waals surface area contributed by atoms with Crippen molar-refractivity contribution in [1.29, 1.82) is 0 Å². The number of nitrogens with zero attached hydrogens (tertiary/aromatic N) is 2. The molecule has 0 unspecified atom stereocenters. The van der Waals surface area contributed by atoms with Gasteiger partial charge in [0.25, 0.3) is 5.91 Å². The van der Waals surface area contributed by atoms with Gasteiger partial charge in [-0.1, -0.05) is 73.3 Å². The molecule has 2 atom stereocenters. The first-order chi connectivity index (χ1) is 18.9. The van der Waals surface area contributed by atoms with E-state index in [0.717, 1.165) is 41.2 Å². The lowest BCUT2D eigenvalue weighted by Gasteiger charge is -2.35. The van der Waals surface area contributed by atoms with Crippen molar-refractivity contribution >= 4 is 57.8 Å². The number of amidine groups is 1. The molecule has 0 spiro atoms. The second-order valence-corrected chi connectivity index (χ2v) is 11.6. The number of benzene rings is 3. The number of thioether (sulfide) groups is 1. The van der Waals surface area contributed by atoms with Crippen LogP contribution < -0.4 is 9.47 Å². The zero-order valence-corrected chi connectivity index (χ0v) is 24.2. The van der Waals surface area contributed by atoms with Crippen molar-refractivity contribution in [2.24, 2.45) is 10.9 Å². The lowest BCUT2D eigenvalue weighted by molar-refractivity contribution is -0.124. The Kier molecular flexibility index (Phi) is 8.85. The van der Waals surface area contributed by atoms with Crippen LogP contribution in [-0.2, 0) is 11.4 Å². The predicted molar refractivity (Wildman–Crippen MR) is 161 cm³/mol. The third-order valence-corrected chi connectivity index (χ3v) is 8.80. The van der Waals surface area contributed by atoms with Gasteiger partial charge in [-0.15, -0.1) is 0 Å². The Morgan fingerprint density at radius 2 is 1.79 bits per heavy atom. The normalized spacial score (nSPS) is 21.5. The number of halogens is 2. The second kappa shape index (κ2) is 12.5. The van der Waals surface area contributed by atoms with Crippen LogP contribution in [0.4, 0.5) is 5.69 Å². The van der Waals surface area contributed by atoms with Gasteiger partial charge in [-0.25, -0.2) is 4.99 Å². The molecule has 1 amide bonds. The van der Waals surface area contributed by atoms with E-state index in [0.29, 0.717) is 39.0 Å². The van der Waals surface area contributed by atoms with Gasteiger partial charge in [0.05, 0.1) is 27.7 Å². The molecule has 1 heterocycles. The minimum absolute atomic E-state index is 0.00680. The summed E-state index contributed by atoms with van der Waals surface area (Å²) in [4.78, 5) is 21.2. The minimum atomic E-state index is 0.00680. The molecule has 3 aromatic rings. The second-order valence-electron chi connectivity index (χ2n) is 9.79. The Balaban J connectivity index is 1.40. The van der Waals surface area contributed by atoms with Crippen LogP contribution in [0.25, 0.3) is 6.08 Å². The number of hydrogen-bond donors (Lipinski definition) is 0. The van der Waals surface area contributed by atoms with Gasteiger partial charge in [-0.05, 0) is 84.1 Å². The summed E-state index contributed by atoms with van der Waals surface area (Å²) in [6, 6.07) is 21.0.